The first kappa shape index (κ1) is 22.7. The van der Waals surface area contributed by atoms with Crippen molar-refractivity contribution in [2.45, 2.75) is 39.2 Å². The normalized spacial score (nSPS) is 21.2. The quantitative estimate of drug-likeness (QED) is 0.542. The van der Waals surface area contributed by atoms with Crippen LogP contribution in [0, 0.1) is 18.8 Å². The van der Waals surface area contributed by atoms with Crippen molar-refractivity contribution in [1.29, 1.82) is 0 Å². The van der Waals surface area contributed by atoms with Crippen molar-refractivity contribution in [2.24, 2.45) is 11.8 Å². The van der Waals surface area contributed by atoms with Gasteiger partial charge < -0.3 is 10.2 Å². The van der Waals surface area contributed by atoms with E-state index in [9.17, 15) is 19.2 Å². The Hall–Kier alpha value is -3.48. The Morgan fingerprint density at radius 2 is 1.64 bits per heavy atom. The fourth-order valence-electron chi connectivity index (χ4n) is 4.88. The third-order valence-corrected chi connectivity index (χ3v) is 6.91. The molecule has 2 heterocycles. The topological polar surface area (TPSA) is 95.6 Å². The third kappa shape index (κ3) is 4.03. The minimum Gasteiger partial charge on any atom is -0.339 e. The number of aryl methyl sites for hydroxylation is 1. The lowest BCUT2D eigenvalue weighted by atomic mass is 9.79. The third-order valence-electron chi connectivity index (χ3n) is 6.91. The monoisotopic (exact) mass is 447 g/mol. The van der Waals surface area contributed by atoms with E-state index in [0.29, 0.717) is 37.1 Å². The van der Waals surface area contributed by atoms with Gasteiger partial charge in [0.2, 0.25) is 0 Å². The molecule has 7 heteroatoms. The molecule has 2 aliphatic heterocycles. The van der Waals surface area contributed by atoms with Crippen LogP contribution in [0.15, 0.2) is 48.5 Å². The van der Waals surface area contributed by atoms with E-state index < -0.39 is 11.6 Å². The van der Waals surface area contributed by atoms with Crippen LogP contribution in [0.4, 0.5) is 4.79 Å². The summed E-state index contributed by atoms with van der Waals surface area (Å²) in [5.41, 5.74) is 1.76. The van der Waals surface area contributed by atoms with Gasteiger partial charge in [-0.2, -0.15) is 0 Å². The predicted octanol–water partition coefficient (Wildman–Crippen LogP) is 3.42. The van der Waals surface area contributed by atoms with Crippen molar-refractivity contribution in [3.63, 3.8) is 0 Å². The van der Waals surface area contributed by atoms with Crippen LogP contribution >= 0.6 is 0 Å². The minimum absolute atomic E-state index is 0.0760. The summed E-state index contributed by atoms with van der Waals surface area (Å²) in [6, 6.07) is 14.0. The SMILES string of the molecule is Cc1ccccc1C(=O)C1CCN(C(=O)c2ccc(C3(C(C)C)NC(=O)NC3=O)cc2)CC1. The molecule has 4 amide bonds. The van der Waals surface area contributed by atoms with Gasteiger partial charge in [0.25, 0.3) is 11.8 Å². The van der Waals surface area contributed by atoms with Gasteiger partial charge in [0.1, 0.15) is 5.54 Å². The number of rotatable bonds is 5. The molecule has 7 nitrogen and oxygen atoms in total. The summed E-state index contributed by atoms with van der Waals surface area (Å²) in [4.78, 5) is 52.0. The van der Waals surface area contributed by atoms with Gasteiger partial charge in [-0.3, -0.25) is 19.7 Å². The number of hydrogen-bond acceptors (Lipinski definition) is 4. The Labute approximate surface area is 193 Å². The summed E-state index contributed by atoms with van der Waals surface area (Å²) in [6.45, 7) is 6.73. The Bertz CT molecular complexity index is 1100. The highest BCUT2D eigenvalue weighted by Crippen LogP contribution is 2.33. The number of Topliss-reactive ketones (excluding diaryl/α,β-unsaturated/α-hetero) is 1. The van der Waals surface area contributed by atoms with Crippen LogP contribution in [0.2, 0.25) is 0 Å². The number of nitrogens with one attached hydrogen (secondary N) is 2. The molecule has 2 fully saturated rings. The highest BCUT2D eigenvalue weighted by atomic mass is 16.2. The summed E-state index contributed by atoms with van der Waals surface area (Å²) in [5, 5.41) is 5.06. The lowest BCUT2D eigenvalue weighted by Crippen LogP contribution is -2.48. The molecule has 1 unspecified atom stereocenters. The first-order valence-corrected chi connectivity index (χ1v) is 11.4. The van der Waals surface area contributed by atoms with E-state index in [1.807, 2.05) is 45.0 Å². The highest BCUT2D eigenvalue weighted by Gasteiger charge is 2.50. The number of carbonyl (C=O) groups is 4. The van der Waals surface area contributed by atoms with Gasteiger partial charge in [-0.1, -0.05) is 50.2 Å². The lowest BCUT2D eigenvalue weighted by Gasteiger charge is -2.32. The summed E-state index contributed by atoms with van der Waals surface area (Å²) in [5.74, 6) is -0.576. The summed E-state index contributed by atoms with van der Waals surface area (Å²) >= 11 is 0. The molecule has 0 bridgehead atoms. The zero-order chi connectivity index (χ0) is 23.8. The molecule has 0 aliphatic carbocycles. The molecule has 2 saturated heterocycles. The van der Waals surface area contributed by atoms with Crippen LogP contribution in [0.5, 0.6) is 0 Å². The van der Waals surface area contributed by atoms with E-state index in [1.165, 1.54) is 0 Å². The van der Waals surface area contributed by atoms with Gasteiger partial charge in [0.15, 0.2) is 5.78 Å². The number of likely N-dealkylation sites (tertiary alicyclic amines) is 1. The zero-order valence-electron chi connectivity index (χ0n) is 19.2. The summed E-state index contributed by atoms with van der Waals surface area (Å²) < 4.78 is 0. The Morgan fingerprint density at radius 1 is 1.00 bits per heavy atom. The molecule has 172 valence electrons. The first-order chi connectivity index (χ1) is 15.7. The van der Waals surface area contributed by atoms with Crippen molar-refractivity contribution in [1.82, 2.24) is 15.5 Å². The number of hydrogen-bond donors (Lipinski definition) is 2. The number of urea groups is 1. The van der Waals surface area contributed by atoms with Crippen molar-refractivity contribution in [2.75, 3.05) is 13.1 Å². The highest BCUT2D eigenvalue weighted by molar-refractivity contribution is 6.07. The molecular formula is C26H29N3O4. The largest absolute Gasteiger partial charge is 0.339 e. The second kappa shape index (κ2) is 8.81. The van der Waals surface area contributed by atoms with Crippen molar-refractivity contribution >= 4 is 23.6 Å². The zero-order valence-corrected chi connectivity index (χ0v) is 19.2. The molecule has 0 aromatic heterocycles. The smallest absolute Gasteiger partial charge is 0.322 e. The van der Waals surface area contributed by atoms with Crippen LogP contribution in [0.3, 0.4) is 0 Å². The maximum Gasteiger partial charge on any atom is 0.322 e. The van der Waals surface area contributed by atoms with E-state index in [1.54, 1.807) is 29.2 Å². The molecule has 33 heavy (non-hydrogen) atoms. The number of amides is 4. The fraction of sp³-hybridized carbons (Fsp3) is 0.385. The lowest BCUT2D eigenvalue weighted by molar-refractivity contribution is -0.125. The molecule has 4 rings (SSSR count). The molecule has 0 radical (unpaired) electrons. The van der Waals surface area contributed by atoms with Crippen LogP contribution in [-0.2, 0) is 10.3 Å². The van der Waals surface area contributed by atoms with E-state index in [-0.39, 0.29) is 29.4 Å². The van der Waals surface area contributed by atoms with Gasteiger partial charge in [-0.05, 0) is 48.9 Å². The Kier molecular flexibility index (Phi) is 6.06. The number of imide groups is 1. The molecule has 2 aliphatic rings. The average molecular weight is 448 g/mol. The van der Waals surface area contributed by atoms with Crippen molar-refractivity contribution in [3.8, 4) is 0 Å². The van der Waals surface area contributed by atoms with E-state index in [0.717, 1.165) is 11.1 Å². The Morgan fingerprint density at radius 3 is 2.18 bits per heavy atom. The second-order valence-corrected chi connectivity index (χ2v) is 9.19. The van der Waals surface area contributed by atoms with Crippen LogP contribution in [-0.4, -0.2) is 41.6 Å². The maximum atomic E-state index is 13.1. The van der Waals surface area contributed by atoms with Crippen LogP contribution in [0.25, 0.3) is 0 Å². The maximum absolute atomic E-state index is 13.1. The number of piperidine rings is 1. The van der Waals surface area contributed by atoms with Gasteiger partial charge in [-0.15, -0.1) is 0 Å². The first-order valence-electron chi connectivity index (χ1n) is 11.4. The van der Waals surface area contributed by atoms with Crippen molar-refractivity contribution in [3.05, 3.63) is 70.8 Å². The number of carbonyl (C=O) groups excluding carboxylic acids is 4. The van der Waals surface area contributed by atoms with E-state index >= 15 is 0 Å². The second-order valence-electron chi connectivity index (χ2n) is 9.19. The minimum atomic E-state index is -1.15. The van der Waals surface area contributed by atoms with Gasteiger partial charge in [0, 0.05) is 30.1 Å². The van der Waals surface area contributed by atoms with Gasteiger partial charge >= 0.3 is 6.03 Å². The average Bonchev–Trinajstić information content (AvgIpc) is 3.13. The standard InChI is InChI=1S/C26H29N3O4/c1-16(2)26(24(32)27-25(33)28-26)20-10-8-19(9-11-20)23(31)29-14-12-18(13-15-29)22(30)21-7-5-4-6-17(21)3/h4-11,16,18H,12-15H2,1-3H3,(H2,27,28,32,33). The van der Waals surface area contributed by atoms with E-state index in [4.69, 9.17) is 0 Å². The molecule has 2 aromatic rings. The summed E-state index contributed by atoms with van der Waals surface area (Å²) in [7, 11) is 0. The van der Waals surface area contributed by atoms with Crippen molar-refractivity contribution < 1.29 is 19.2 Å². The molecule has 2 aromatic carbocycles. The number of benzene rings is 2. The molecule has 2 N–H and O–H groups in total. The molecule has 0 spiro atoms. The molecule has 1 atom stereocenters. The molecule has 0 saturated carbocycles. The summed E-state index contributed by atoms with van der Waals surface area (Å²) in [6.07, 6.45) is 1.28. The number of nitrogens with zero attached hydrogens (tertiary/aromatic N) is 1. The van der Waals surface area contributed by atoms with Crippen LogP contribution in [0.1, 0.15) is 58.5 Å². The Balaban J connectivity index is 1.43. The fourth-order valence-corrected chi connectivity index (χ4v) is 4.88. The van der Waals surface area contributed by atoms with Crippen LogP contribution < -0.4 is 10.6 Å². The predicted molar refractivity (Wildman–Crippen MR) is 124 cm³/mol. The van der Waals surface area contributed by atoms with E-state index in [2.05, 4.69) is 10.6 Å². The molecular weight excluding hydrogens is 418 g/mol. The van der Waals surface area contributed by atoms with Gasteiger partial charge in [0.05, 0.1) is 0 Å². The van der Waals surface area contributed by atoms with Gasteiger partial charge in [-0.25, -0.2) is 4.79 Å². The number of ketones is 1.